The molecule has 10 nitrogen and oxygen atoms in total. The first kappa shape index (κ1) is 20.2. The molecular weight excluding hydrogens is 374 g/mol. The number of anilines is 1. The van der Waals surface area contributed by atoms with Crippen molar-refractivity contribution in [1.29, 1.82) is 0 Å². The molecule has 2 heterocycles. The van der Waals surface area contributed by atoms with Crippen LogP contribution in [0.3, 0.4) is 0 Å². The van der Waals surface area contributed by atoms with Crippen molar-refractivity contribution in [3.63, 3.8) is 0 Å². The number of ether oxygens (including phenoxy) is 1. The number of hydrogen-bond donors (Lipinski definition) is 1. The van der Waals surface area contributed by atoms with E-state index in [0.717, 1.165) is 11.3 Å². The van der Waals surface area contributed by atoms with Gasteiger partial charge in [0.1, 0.15) is 6.33 Å². The van der Waals surface area contributed by atoms with Crippen LogP contribution < -0.4 is 5.32 Å². The average Bonchev–Trinajstić information content (AvgIpc) is 3.31. The van der Waals surface area contributed by atoms with Gasteiger partial charge in [-0.1, -0.05) is 30.3 Å². The van der Waals surface area contributed by atoms with Crippen LogP contribution in [0, 0.1) is 13.8 Å². The molecule has 29 heavy (non-hydrogen) atoms. The standard InChI is InChI=1S/C19H23N7O3/c1-12-17(13(2)25(4)22-12)21-18(27)14(3)29-19(28)16(26-11-20-23-24-26)10-15-8-6-5-7-9-15/h5-9,11,14,16H,10H2,1-4H3,(H,21,27)/t14-,16+/m0/s1. The number of esters is 1. The molecule has 3 aromatic rings. The highest BCUT2D eigenvalue weighted by molar-refractivity contribution is 5.96. The third-order valence-corrected chi connectivity index (χ3v) is 4.65. The van der Waals surface area contributed by atoms with Crippen molar-refractivity contribution in [1.82, 2.24) is 30.0 Å². The number of nitrogens with zero attached hydrogens (tertiary/aromatic N) is 6. The summed E-state index contributed by atoms with van der Waals surface area (Å²) in [6.45, 7) is 5.17. The van der Waals surface area contributed by atoms with E-state index in [2.05, 4.69) is 25.9 Å². The van der Waals surface area contributed by atoms with Gasteiger partial charge in [-0.3, -0.25) is 9.48 Å². The highest BCUT2D eigenvalue weighted by atomic mass is 16.5. The summed E-state index contributed by atoms with van der Waals surface area (Å²) in [4.78, 5) is 25.4. The third-order valence-electron chi connectivity index (χ3n) is 4.65. The Hall–Kier alpha value is -3.56. The molecule has 0 aliphatic rings. The summed E-state index contributed by atoms with van der Waals surface area (Å²) in [5, 5.41) is 18.1. The first-order valence-electron chi connectivity index (χ1n) is 9.14. The van der Waals surface area contributed by atoms with Gasteiger partial charge in [0.15, 0.2) is 12.1 Å². The second-order valence-electron chi connectivity index (χ2n) is 6.73. The molecule has 0 fully saturated rings. The van der Waals surface area contributed by atoms with Gasteiger partial charge in [-0.15, -0.1) is 5.10 Å². The van der Waals surface area contributed by atoms with E-state index in [1.54, 1.807) is 18.7 Å². The molecule has 1 amide bonds. The van der Waals surface area contributed by atoms with Gasteiger partial charge in [-0.25, -0.2) is 9.48 Å². The number of benzene rings is 1. The lowest BCUT2D eigenvalue weighted by atomic mass is 10.1. The van der Waals surface area contributed by atoms with Crippen LogP contribution in [0.4, 0.5) is 5.69 Å². The van der Waals surface area contributed by atoms with E-state index in [0.29, 0.717) is 17.8 Å². The number of carbonyl (C=O) groups excluding carboxylic acids is 2. The minimum atomic E-state index is -1.00. The van der Waals surface area contributed by atoms with E-state index in [9.17, 15) is 9.59 Å². The zero-order chi connectivity index (χ0) is 21.0. The van der Waals surface area contributed by atoms with Crippen molar-refractivity contribution in [3.8, 4) is 0 Å². The van der Waals surface area contributed by atoms with E-state index in [1.165, 1.54) is 17.9 Å². The fourth-order valence-corrected chi connectivity index (χ4v) is 2.92. The monoisotopic (exact) mass is 397 g/mol. The molecule has 0 saturated carbocycles. The molecule has 10 heteroatoms. The van der Waals surface area contributed by atoms with E-state index in [1.807, 2.05) is 37.3 Å². The van der Waals surface area contributed by atoms with Crippen molar-refractivity contribution in [2.24, 2.45) is 7.05 Å². The first-order valence-corrected chi connectivity index (χ1v) is 9.14. The van der Waals surface area contributed by atoms with Gasteiger partial charge in [-0.2, -0.15) is 5.10 Å². The number of amides is 1. The molecule has 0 bridgehead atoms. The molecule has 1 N–H and O–H groups in total. The van der Waals surface area contributed by atoms with E-state index >= 15 is 0 Å². The Balaban J connectivity index is 1.70. The smallest absolute Gasteiger partial charge is 0.332 e. The Morgan fingerprint density at radius 1 is 1.21 bits per heavy atom. The van der Waals surface area contributed by atoms with Gasteiger partial charge in [0.05, 0.1) is 17.1 Å². The van der Waals surface area contributed by atoms with Crippen molar-refractivity contribution >= 4 is 17.6 Å². The minimum Gasteiger partial charge on any atom is -0.451 e. The molecule has 3 rings (SSSR count). The van der Waals surface area contributed by atoms with Crippen molar-refractivity contribution < 1.29 is 14.3 Å². The van der Waals surface area contributed by atoms with Gasteiger partial charge < -0.3 is 10.1 Å². The highest BCUT2D eigenvalue weighted by Crippen LogP contribution is 2.20. The van der Waals surface area contributed by atoms with Gasteiger partial charge in [0.25, 0.3) is 5.91 Å². The van der Waals surface area contributed by atoms with Crippen molar-refractivity contribution in [3.05, 3.63) is 53.6 Å². The lowest BCUT2D eigenvalue weighted by molar-refractivity contribution is -0.156. The molecule has 2 atom stereocenters. The Labute approximate surface area is 167 Å². The van der Waals surface area contributed by atoms with Gasteiger partial charge in [-0.05, 0) is 36.8 Å². The predicted octanol–water partition coefficient (Wildman–Crippen LogP) is 1.38. The maximum absolute atomic E-state index is 12.8. The number of rotatable bonds is 7. The summed E-state index contributed by atoms with van der Waals surface area (Å²) in [6.07, 6.45) is 0.679. The van der Waals surface area contributed by atoms with Gasteiger partial charge >= 0.3 is 5.97 Å². The summed E-state index contributed by atoms with van der Waals surface area (Å²) in [6, 6.07) is 8.66. The minimum absolute atomic E-state index is 0.333. The summed E-state index contributed by atoms with van der Waals surface area (Å²) >= 11 is 0. The molecule has 0 aliphatic carbocycles. The summed E-state index contributed by atoms with van der Waals surface area (Å²) < 4.78 is 8.44. The molecular formula is C19H23N7O3. The van der Waals surface area contributed by atoms with Crippen LogP contribution in [0.25, 0.3) is 0 Å². The molecule has 1 aromatic carbocycles. The second kappa shape index (κ2) is 8.63. The topological polar surface area (TPSA) is 117 Å². The lowest BCUT2D eigenvalue weighted by Crippen LogP contribution is -2.34. The SMILES string of the molecule is Cc1nn(C)c(C)c1NC(=O)[C@H](C)OC(=O)[C@@H](Cc1ccccc1)n1cnnn1. The van der Waals surface area contributed by atoms with Crippen LogP contribution in [-0.2, 0) is 27.8 Å². The van der Waals surface area contributed by atoms with Crippen LogP contribution in [0.1, 0.15) is 29.9 Å². The molecule has 2 aromatic heterocycles. The van der Waals surface area contributed by atoms with Crippen molar-refractivity contribution in [2.75, 3.05) is 5.32 Å². The van der Waals surface area contributed by atoms with Crippen LogP contribution in [0.2, 0.25) is 0 Å². The molecule has 0 unspecified atom stereocenters. The molecule has 0 saturated heterocycles. The largest absolute Gasteiger partial charge is 0.451 e. The molecule has 0 spiro atoms. The maximum Gasteiger partial charge on any atom is 0.332 e. The molecule has 152 valence electrons. The maximum atomic E-state index is 12.8. The van der Waals surface area contributed by atoms with E-state index in [4.69, 9.17) is 4.74 Å². The Kier molecular flexibility index (Phi) is 6.01. The second-order valence-corrected chi connectivity index (χ2v) is 6.73. The first-order chi connectivity index (χ1) is 13.9. The van der Waals surface area contributed by atoms with E-state index in [-0.39, 0.29) is 0 Å². The fourth-order valence-electron chi connectivity index (χ4n) is 2.92. The summed E-state index contributed by atoms with van der Waals surface area (Å²) in [5.74, 6) is -1.03. The zero-order valence-electron chi connectivity index (χ0n) is 16.7. The number of aromatic nitrogens is 6. The Morgan fingerprint density at radius 2 is 1.93 bits per heavy atom. The molecule has 0 aliphatic heterocycles. The number of aryl methyl sites for hydroxylation is 2. The fraction of sp³-hybridized carbons (Fsp3) is 0.368. The highest BCUT2D eigenvalue weighted by Gasteiger charge is 2.28. The normalized spacial score (nSPS) is 13.0. The van der Waals surface area contributed by atoms with Gasteiger partial charge in [0, 0.05) is 13.5 Å². The van der Waals surface area contributed by atoms with Crippen LogP contribution in [0.15, 0.2) is 36.7 Å². The number of hydrogen-bond acceptors (Lipinski definition) is 7. The van der Waals surface area contributed by atoms with E-state index < -0.39 is 24.0 Å². The average molecular weight is 397 g/mol. The summed E-state index contributed by atoms with van der Waals surface area (Å²) in [7, 11) is 1.79. The van der Waals surface area contributed by atoms with Crippen LogP contribution >= 0.6 is 0 Å². The zero-order valence-corrected chi connectivity index (χ0v) is 16.7. The van der Waals surface area contributed by atoms with Crippen molar-refractivity contribution in [2.45, 2.75) is 39.3 Å². The third kappa shape index (κ3) is 4.65. The number of tetrazole rings is 1. The number of nitrogens with one attached hydrogen (secondary N) is 1. The lowest BCUT2D eigenvalue weighted by Gasteiger charge is -2.19. The van der Waals surface area contributed by atoms with Crippen LogP contribution in [-0.4, -0.2) is 48.0 Å². The van der Waals surface area contributed by atoms with Crippen LogP contribution in [0.5, 0.6) is 0 Å². The Bertz CT molecular complexity index is 983. The quantitative estimate of drug-likeness (QED) is 0.599. The Morgan fingerprint density at radius 3 is 2.52 bits per heavy atom. The molecule has 0 radical (unpaired) electrons. The predicted molar refractivity (Wildman–Crippen MR) is 104 cm³/mol. The summed E-state index contributed by atoms with van der Waals surface area (Å²) in [5.41, 5.74) is 3.03. The van der Waals surface area contributed by atoms with Gasteiger partial charge in [0.2, 0.25) is 0 Å². The number of carbonyl (C=O) groups is 2.